The lowest BCUT2D eigenvalue weighted by atomic mass is 10.2. The Morgan fingerprint density at radius 2 is 2.00 bits per heavy atom. The Morgan fingerprint density at radius 1 is 1.33 bits per heavy atom. The average molecular weight is 360 g/mol. The lowest BCUT2D eigenvalue weighted by Gasteiger charge is -2.17. The van der Waals surface area contributed by atoms with Crippen LogP contribution in [0.4, 0.5) is 0 Å². The minimum absolute atomic E-state index is 0.0483. The van der Waals surface area contributed by atoms with Crippen LogP contribution in [0.2, 0.25) is 0 Å². The molecule has 0 fully saturated rings. The van der Waals surface area contributed by atoms with Gasteiger partial charge in [0.25, 0.3) is 0 Å². The number of nitrogens with one attached hydrogen (secondary N) is 1. The molecule has 2 N–H and O–H groups in total. The molecule has 1 aromatic carbocycles. The zero-order chi connectivity index (χ0) is 16.0. The van der Waals surface area contributed by atoms with Gasteiger partial charge < -0.3 is 19.9 Å². The molecule has 6 heteroatoms. The molecular formula is C15H22BrNO4. The Hall–Kier alpha value is -1.27. The highest BCUT2D eigenvalue weighted by molar-refractivity contribution is 9.10. The molecule has 1 aromatic rings. The van der Waals surface area contributed by atoms with E-state index in [2.05, 4.69) is 21.2 Å². The van der Waals surface area contributed by atoms with Crippen LogP contribution in [0.25, 0.3) is 0 Å². The zero-order valence-electron chi connectivity index (χ0n) is 12.8. The Labute approximate surface area is 133 Å². The summed E-state index contributed by atoms with van der Waals surface area (Å²) in [5.41, 5.74) is 0.919. The molecule has 0 aromatic heterocycles. The van der Waals surface area contributed by atoms with E-state index in [0.717, 1.165) is 10.0 Å². The van der Waals surface area contributed by atoms with Crippen molar-refractivity contribution in [2.45, 2.75) is 46.4 Å². The fourth-order valence-electron chi connectivity index (χ4n) is 1.68. The second kappa shape index (κ2) is 8.24. The van der Waals surface area contributed by atoms with Gasteiger partial charge in [0.05, 0.1) is 12.7 Å². The topological polar surface area (TPSA) is 67.8 Å². The molecule has 0 radical (unpaired) electrons. The molecule has 1 unspecified atom stereocenters. The highest BCUT2D eigenvalue weighted by atomic mass is 79.9. The van der Waals surface area contributed by atoms with Gasteiger partial charge in [0.15, 0.2) is 11.5 Å². The second-order valence-corrected chi connectivity index (χ2v) is 5.79. The third-order valence-electron chi connectivity index (χ3n) is 2.74. The van der Waals surface area contributed by atoms with Crippen LogP contribution in [0, 0.1) is 0 Å². The number of carboxylic acids is 1. The first-order valence-corrected chi connectivity index (χ1v) is 7.72. The summed E-state index contributed by atoms with van der Waals surface area (Å²) in [4.78, 5) is 10.8. The fourth-order valence-corrected chi connectivity index (χ4v) is 2.14. The average Bonchev–Trinajstić information content (AvgIpc) is 2.39. The molecule has 0 saturated carbocycles. The van der Waals surface area contributed by atoms with Gasteiger partial charge in [-0.05, 0) is 45.4 Å². The number of carboxylic acid groups (broad SMARTS) is 1. The number of benzene rings is 1. The van der Waals surface area contributed by atoms with Crippen molar-refractivity contribution in [3.8, 4) is 11.5 Å². The van der Waals surface area contributed by atoms with Gasteiger partial charge in [0, 0.05) is 11.0 Å². The number of hydrogen-bond acceptors (Lipinski definition) is 4. The van der Waals surface area contributed by atoms with E-state index in [1.165, 1.54) is 0 Å². The summed E-state index contributed by atoms with van der Waals surface area (Å²) in [5, 5.41) is 11.8. The Kier molecular flexibility index (Phi) is 6.98. The summed E-state index contributed by atoms with van der Waals surface area (Å²) in [6.07, 6.45) is 0.0483. The molecule has 0 heterocycles. The first-order chi connectivity index (χ1) is 9.85. The van der Waals surface area contributed by atoms with E-state index < -0.39 is 12.0 Å². The molecular weight excluding hydrogens is 338 g/mol. The maximum absolute atomic E-state index is 10.8. The predicted octanol–water partition coefficient (Wildman–Crippen LogP) is 3.20. The molecule has 0 saturated heterocycles. The van der Waals surface area contributed by atoms with Crippen molar-refractivity contribution in [3.63, 3.8) is 0 Å². The summed E-state index contributed by atoms with van der Waals surface area (Å²) >= 11 is 3.49. The van der Waals surface area contributed by atoms with Crippen molar-refractivity contribution >= 4 is 21.9 Å². The molecule has 0 aliphatic rings. The molecule has 21 heavy (non-hydrogen) atoms. The van der Waals surface area contributed by atoms with Crippen LogP contribution in [0.15, 0.2) is 16.6 Å². The van der Waals surface area contributed by atoms with E-state index in [9.17, 15) is 4.79 Å². The van der Waals surface area contributed by atoms with E-state index in [-0.39, 0.29) is 6.10 Å². The largest absolute Gasteiger partial charge is 0.490 e. The number of hydrogen-bond donors (Lipinski definition) is 2. The third-order valence-corrected chi connectivity index (χ3v) is 3.48. The monoisotopic (exact) mass is 359 g/mol. The van der Waals surface area contributed by atoms with Gasteiger partial charge >= 0.3 is 5.97 Å². The number of rotatable bonds is 8. The van der Waals surface area contributed by atoms with E-state index >= 15 is 0 Å². The van der Waals surface area contributed by atoms with Crippen molar-refractivity contribution in [3.05, 3.63) is 22.2 Å². The van der Waals surface area contributed by atoms with Gasteiger partial charge in [0.2, 0.25) is 0 Å². The van der Waals surface area contributed by atoms with Gasteiger partial charge in [-0.1, -0.05) is 15.9 Å². The number of ether oxygens (including phenoxy) is 2. The van der Waals surface area contributed by atoms with Crippen molar-refractivity contribution in [1.82, 2.24) is 5.32 Å². The zero-order valence-corrected chi connectivity index (χ0v) is 14.4. The Balaban J connectivity index is 2.94. The minimum Gasteiger partial charge on any atom is -0.490 e. The second-order valence-electron chi connectivity index (χ2n) is 4.93. The highest BCUT2D eigenvalue weighted by Gasteiger charge is 2.14. The maximum Gasteiger partial charge on any atom is 0.320 e. The minimum atomic E-state index is -0.879. The van der Waals surface area contributed by atoms with Crippen LogP contribution in [-0.4, -0.2) is 29.8 Å². The van der Waals surface area contributed by atoms with Gasteiger partial charge in [-0.3, -0.25) is 4.79 Å². The van der Waals surface area contributed by atoms with Crippen LogP contribution >= 0.6 is 15.9 Å². The SMILES string of the molecule is CCOc1cc(CNC(C)C(=O)O)c(Br)cc1OC(C)C. The van der Waals surface area contributed by atoms with Crippen molar-refractivity contribution in [2.24, 2.45) is 0 Å². The molecule has 1 rings (SSSR count). The molecule has 1 atom stereocenters. The molecule has 118 valence electrons. The van der Waals surface area contributed by atoms with Gasteiger partial charge in [-0.15, -0.1) is 0 Å². The molecule has 0 amide bonds. The Bertz CT molecular complexity index is 491. The van der Waals surface area contributed by atoms with E-state index in [1.54, 1.807) is 6.92 Å². The summed E-state index contributed by atoms with van der Waals surface area (Å²) in [5.74, 6) is 0.457. The van der Waals surface area contributed by atoms with Gasteiger partial charge in [0.1, 0.15) is 6.04 Å². The quantitative estimate of drug-likeness (QED) is 0.745. The maximum atomic E-state index is 10.8. The molecule has 0 aliphatic carbocycles. The molecule has 5 nitrogen and oxygen atoms in total. The summed E-state index contributed by atoms with van der Waals surface area (Å²) < 4.78 is 12.2. The lowest BCUT2D eigenvalue weighted by Crippen LogP contribution is -2.33. The standard InChI is InChI=1S/C15H22BrNO4/c1-5-20-13-6-11(8-17-10(4)15(18)19)12(16)7-14(13)21-9(2)3/h6-7,9-10,17H,5,8H2,1-4H3,(H,18,19). The van der Waals surface area contributed by atoms with Crippen LogP contribution in [0.3, 0.4) is 0 Å². The van der Waals surface area contributed by atoms with Crippen molar-refractivity contribution in [2.75, 3.05) is 6.61 Å². The number of halogens is 1. The normalized spacial score (nSPS) is 12.3. The third kappa shape index (κ3) is 5.55. The van der Waals surface area contributed by atoms with Crippen LogP contribution in [0.5, 0.6) is 11.5 Å². The van der Waals surface area contributed by atoms with E-state index in [0.29, 0.717) is 24.7 Å². The van der Waals surface area contributed by atoms with Crippen LogP contribution in [0.1, 0.15) is 33.3 Å². The first-order valence-electron chi connectivity index (χ1n) is 6.93. The smallest absolute Gasteiger partial charge is 0.320 e. The van der Waals surface area contributed by atoms with E-state index in [1.807, 2.05) is 32.9 Å². The predicted molar refractivity (Wildman–Crippen MR) is 85.0 cm³/mol. The van der Waals surface area contributed by atoms with E-state index in [4.69, 9.17) is 14.6 Å². The number of carbonyl (C=O) groups is 1. The van der Waals surface area contributed by atoms with Crippen molar-refractivity contribution < 1.29 is 19.4 Å². The van der Waals surface area contributed by atoms with Gasteiger partial charge in [-0.2, -0.15) is 0 Å². The van der Waals surface area contributed by atoms with Crippen LogP contribution in [-0.2, 0) is 11.3 Å². The summed E-state index contributed by atoms with van der Waals surface area (Å²) in [6, 6.07) is 3.11. The first kappa shape index (κ1) is 17.8. The summed E-state index contributed by atoms with van der Waals surface area (Å²) in [6.45, 7) is 8.38. The summed E-state index contributed by atoms with van der Waals surface area (Å²) in [7, 11) is 0. The Morgan fingerprint density at radius 3 is 2.52 bits per heavy atom. The van der Waals surface area contributed by atoms with Crippen molar-refractivity contribution in [1.29, 1.82) is 0 Å². The molecule has 0 spiro atoms. The number of aliphatic carboxylic acids is 1. The lowest BCUT2D eigenvalue weighted by molar-refractivity contribution is -0.139. The molecule has 0 bridgehead atoms. The fraction of sp³-hybridized carbons (Fsp3) is 0.533. The molecule has 0 aliphatic heterocycles. The van der Waals surface area contributed by atoms with Gasteiger partial charge in [-0.25, -0.2) is 0 Å². The van der Waals surface area contributed by atoms with Crippen LogP contribution < -0.4 is 14.8 Å². The highest BCUT2D eigenvalue weighted by Crippen LogP contribution is 2.34.